The molecule has 0 amide bonds. The molecule has 1 aromatic heterocycles. The van der Waals surface area contributed by atoms with Gasteiger partial charge >= 0.3 is 6.18 Å². The number of imidazole rings is 1. The highest BCUT2D eigenvalue weighted by Gasteiger charge is 2.31. The molecule has 1 heterocycles. The van der Waals surface area contributed by atoms with Crippen LogP contribution in [0.25, 0.3) is 5.69 Å². The van der Waals surface area contributed by atoms with Gasteiger partial charge in [-0.1, -0.05) is 12.1 Å². The number of hydrogen-bond donors (Lipinski definition) is 1. The van der Waals surface area contributed by atoms with Crippen LogP contribution in [0.3, 0.4) is 0 Å². The van der Waals surface area contributed by atoms with Gasteiger partial charge in [0.1, 0.15) is 0 Å². The summed E-state index contributed by atoms with van der Waals surface area (Å²) in [6, 6.07) is 8.50. The van der Waals surface area contributed by atoms with Crippen molar-refractivity contribution in [1.29, 1.82) is 0 Å². The summed E-state index contributed by atoms with van der Waals surface area (Å²) in [6.45, 7) is 3.56. The number of ketones is 1. The molecule has 27 heavy (non-hydrogen) atoms. The topological polar surface area (TPSA) is 60.9 Å². The number of anilines is 1. The first-order valence-corrected chi connectivity index (χ1v) is 8.25. The number of aromatic nitrogens is 2. The molecular formula is C20H18F3N3O. The van der Waals surface area contributed by atoms with Gasteiger partial charge in [0, 0.05) is 29.6 Å². The van der Waals surface area contributed by atoms with Crippen LogP contribution >= 0.6 is 0 Å². The summed E-state index contributed by atoms with van der Waals surface area (Å²) in [6.07, 6.45) is -1.61. The van der Waals surface area contributed by atoms with E-state index >= 15 is 0 Å². The summed E-state index contributed by atoms with van der Waals surface area (Å²) in [7, 11) is 0. The normalized spacial score (nSPS) is 11.6. The maximum atomic E-state index is 13.3. The second kappa shape index (κ2) is 6.90. The highest BCUT2D eigenvalue weighted by molar-refractivity contribution is 5.98. The molecule has 0 saturated heterocycles. The molecule has 2 N–H and O–H groups in total. The molecule has 140 valence electrons. The van der Waals surface area contributed by atoms with Crippen LogP contribution < -0.4 is 5.73 Å². The average Bonchev–Trinajstić information content (AvgIpc) is 3.02. The lowest BCUT2D eigenvalue weighted by atomic mass is 9.99. The van der Waals surface area contributed by atoms with Gasteiger partial charge in [-0.25, -0.2) is 4.98 Å². The lowest BCUT2D eigenvalue weighted by molar-refractivity contribution is -0.137. The quantitative estimate of drug-likeness (QED) is 0.540. The summed E-state index contributed by atoms with van der Waals surface area (Å²) in [5, 5.41) is 0. The summed E-state index contributed by atoms with van der Waals surface area (Å²) in [4.78, 5) is 16.6. The van der Waals surface area contributed by atoms with Gasteiger partial charge < -0.3 is 10.3 Å². The van der Waals surface area contributed by atoms with Crippen molar-refractivity contribution in [3.63, 3.8) is 0 Å². The van der Waals surface area contributed by atoms with Crippen LogP contribution in [0.5, 0.6) is 0 Å². The number of nitrogen functional groups attached to an aromatic ring is 1. The third-order valence-electron chi connectivity index (χ3n) is 4.28. The number of Topliss-reactive ketones (excluding diaryl/α,β-unsaturated/α-hetero) is 1. The zero-order chi connectivity index (χ0) is 19.8. The van der Waals surface area contributed by atoms with E-state index in [1.54, 1.807) is 37.4 Å². The number of nitrogens with zero attached hydrogens (tertiary/aromatic N) is 2. The van der Waals surface area contributed by atoms with Gasteiger partial charge in [0.25, 0.3) is 0 Å². The summed E-state index contributed by atoms with van der Waals surface area (Å²) in [5.74, 6) is -0.297. The molecule has 4 nitrogen and oxygen atoms in total. The van der Waals surface area contributed by atoms with Gasteiger partial charge in [0.05, 0.1) is 17.6 Å². The first kappa shape index (κ1) is 18.7. The Hall–Kier alpha value is -3.09. The number of halogens is 3. The van der Waals surface area contributed by atoms with Gasteiger partial charge in [-0.2, -0.15) is 13.2 Å². The standard InChI is InChI=1S/C20H18F3N3O/c1-12-3-4-15(8-18(12)24)19(27)7-14-5-16(20(21,22)23)9-17(6-14)26-10-13(2)25-11-26/h3-6,8-11H,7,24H2,1-2H3. The van der Waals surface area contributed by atoms with E-state index in [0.717, 1.165) is 17.7 Å². The fourth-order valence-corrected chi connectivity index (χ4v) is 2.75. The zero-order valence-corrected chi connectivity index (χ0v) is 14.8. The number of carbonyl (C=O) groups excluding carboxylic acids is 1. The second-order valence-corrected chi connectivity index (χ2v) is 6.48. The summed E-state index contributed by atoms with van der Waals surface area (Å²) >= 11 is 0. The smallest absolute Gasteiger partial charge is 0.398 e. The predicted molar refractivity (Wildman–Crippen MR) is 96.9 cm³/mol. The minimum atomic E-state index is -4.52. The van der Waals surface area contributed by atoms with Crippen LogP contribution in [0, 0.1) is 13.8 Å². The van der Waals surface area contributed by atoms with E-state index in [1.807, 2.05) is 6.92 Å². The molecule has 0 aliphatic heterocycles. The minimum absolute atomic E-state index is 0.160. The van der Waals surface area contributed by atoms with Gasteiger partial charge in [-0.05, 0) is 49.2 Å². The van der Waals surface area contributed by atoms with E-state index < -0.39 is 11.7 Å². The SMILES string of the molecule is Cc1cn(-c2cc(CC(=O)c3ccc(C)c(N)c3)cc(C(F)(F)F)c2)cn1. The molecule has 0 aliphatic carbocycles. The Morgan fingerprint density at radius 2 is 1.89 bits per heavy atom. The monoisotopic (exact) mass is 373 g/mol. The first-order chi connectivity index (χ1) is 12.6. The van der Waals surface area contributed by atoms with Crippen molar-refractivity contribution in [2.24, 2.45) is 0 Å². The van der Waals surface area contributed by atoms with E-state index in [4.69, 9.17) is 5.73 Å². The van der Waals surface area contributed by atoms with E-state index in [-0.39, 0.29) is 17.8 Å². The van der Waals surface area contributed by atoms with Gasteiger partial charge in [-0.15, -0.1) is 0 Å². The van der Waals surface area contributed by atoms with Crippen LogP contribution in [-0.4, -0.2) is 15.3 Å². The van der Waals surface area contributed by atoms with Crippen molar-refractivity contribution in [1.82, 2.24) is 9.55 Å². The van der Waals surface area contributed by atoms with Crippen molar-refractivity contribution in [3.05, 3.63) is 76.9 Å². The number of rotatable bonds is 4. The number of alkyl halides is 3. The molecule has 2 aromatic carbocycles. The van der Waals surface area contributed by atoms with E-state index in [2.05, 4.69) is 4.98 Å². The number of hydrogen-bond acceptors (Lipinski definition) is 3. The van der Waals surface area contributed by atoms with Gasteiger partial charge in [-0.3, -0.25) is 4.79 Å². The van der Waals surface area contributed by atoms with Crippen molar-refractivity contribution < 1.29 is 18.0 Å². The summed E-state index contributed by atoms with van der Waals surface area (Å²) in [5.41, 5.74) is 7.95. The fourth-order valence-electron chi connectivity index (χ4n) is 2.75. The van der Waals surface area contributed by atoms with E-state index in [9.17, 15) is 18.0 Å². The van der Waals surface area contributed by atoms with Crippen LogP contribution in [0.1, 0.15) is 32.7 Å². The molecule has 0 bridgehead atoms. The number of benzene rings is 2. The van der Waals surface area contributed by atoms with Gasteiger partial charge in [0.2, 0.25) is 0 Å². The highest BCUT2D eigenvalue weighted by Crippen LogP contribution is 2.32. The Morgan fingerprint density at radius 1 is 1.15 bits per heavy atom. The molecule has 0 saturated carbocycles. The molecule has 3 rings (SSSR count). The maximum absolute atomic E-state index is 13.3. The molecule has 0 radical (unpaired) electrons. The lowest BCUT2D eigenvalue weighted by Crippen LogP contribution is -2.10. The zero-order valence-electron chi connectivity index (χ0n) is 14.8. The van der Waals surface area contributed by atoms with Crippen molar-refractivity contribution in [3.8, 4) is 5.69 Å². The van der Waals surface area contributed by atoms with E-state index in [0.29, 0.717) is 22.6 Å². The van der Waals surface area contributed by atoms with Crippen LogP contribution in [0.4, 0.5) is 18.9 Å². The average molecular weight is 373 g/mol. The van der Waals surface area contributed by atoms with Crippen molar-refractivity contribution in [2.75, 3.05) is 5.73 Å². The third-order valence-corrected chi connectivity index (χ3v) is 4.28. The highest BCUT2D eigenvalue weighted by atomic mass is 19.4. The maximum Gasteiger partial charge on any atom is 0.416 e. The Kier molecular flexibility index (Phi) is 4.78. The molecule has 0 unspecified atom stereocenters. The van der Waals surface area contributed by atoms with Crippen LogP contribution in [0.2, 0.25) is 0 Å². The van der Waals surface area contributed by atoms with Crippen molar-refractivity contribution in [2.45, 2.75) is 26.4 Å². The molecule has 0 atom stereocenters. The third kappa shape index (κ3) is 4.19. The molecular weight excluding hydrogens is 355 g/mol. The van der Waals surface area contributed by atoms with Crippen LogP contribution in [-0.2, 0) is 12.6 Å². The van der Waals surface area contributed by atoms with Gasteiger partial charge in [0.15, 0.2) is 5.78 Å². The Bertz CT molecular complexity index is 1010. The number of aryl methyl sites for hydroxylation is 2. The number of carbonyl (C=O) groups is 1. The molecule has 0 fully saturated rings. The second-order valence-electron chi connectivity index (χ2n) is 6.48. The summed E-state index contributed by atoms with van der Waals surface area (Å²) < 4.78 is 41.4. The first-order valence-electron chi connectivity index (χ1n) is 8.25. The predicted octanol–water partition coefficient (Wildman–Crippen LogP) is 4.52. The Morgan fingerprint density at radius 3 is 2.48 bits per heavy atom. The van der Waals surface area contributed by atoms with Crippen molar-refractivity contribution >= 4 is 11.5 Å². The largest absolute Gasteiger partial charge is 0.416 e. The molecule has 3 aromatic rings. The molecule has 0 spiro atoms. The Labute approximate surface area is 154 Å². The minimum Gasteiger partial charge on any atom is -0.398 e. The molecule has 0 aliphatic rings. The fraction of sp³-hybridized carbons (Fsp3) is 0.200. The lowest BCUT2D eigenvalue weighted by Gasteiger charge is -2.13. The Balaban J connectivity index is 1.98. The molecule has 7 heteroatoms. The van der Waals surface area contributed by atoms with E-state index in [1.165, 1.54) is 10.9 Å². The van der Waals surface area contributed by atoms with Crippen LogP contribution in [0.15, 0.2) is 48.9 Å². The number of nitrogens with two attached hydrogens (primary N) is 1.